The van der Waals surface area contributed by atoms with Gasteiger partial charge >= 0.3 is 6.03 Å². The molecule has 0 aliphatic carbocycles. The minimum absolute atomic E-state index is 0.228. The van der Waals surface area contributed by atoms with Crippen LogP contribution >= 0.6 is 0 Å². The highest BCUT2D eigenvalue weighted by molar-refractivity contribution is 5.88. The van der Waals surface area contributed by atoms with E-state index >= 15 is 0 Å². The van der Waals surface area contributed by atoms with Crippen molar-refractivity contribution in [3.63, 3.8) is 0 Å². The molecule has 0 spiro atoms. The SMILES string of the molecule is Cc1onc(NC(=O)NC[C@H]2CCO[C@@H]2C(C)C)c1C. The Labute approximate surface area is 119 Å². The van der Waals surface area contributed by atoms with Gasteiger partial charge in [-0.1, -0.05) is 19.0 Å². The number of urea groups is 1. The Balaban J connectivity index is 1.82. The fourth-order valence-electron chi connectivity index (χ4n) is 2.52. The lowest BCUT2D eigenvalue weighted by Gasteiger charge is -2.22. The molecule has 2 rings (SSSR count). The van der Waals surface area contributed by atoms with E-state index in [0.717, 1.165) is 18.6 Å². The third kappa shape index (κ3) is 3.30. The standard InChI is InChI=1S/C14H23N3O3/c1-8(2)12-11(5-6-19-12)7-15-14(18)16-13-9(3)10(4)20-17-13/h8,11-12H,5-7H2,1-4H3,(H2,15,16,17,18)/t11-,12-/m1/s1. The molecule has 1 fully saturated rings. The molecule has 1 aromatic rings. The summed E-state index contributed by atoms with van der Waals surface area (Å²) in [6, 6.07) is -0.254. The number of carbonyl (C=O) groups excluding carboxylic acids is 1. The number of aromatic nitrogens is 1. The van der Waals surface area contributed by atoms with Gasteiger partial charge in [0.15, 0.2) is 5.82 Å². The first kappa shape index (κ1) is 14.8. The Morgan fingerprint density at radius 2 is 2.20 bits per heavy atom. The molecule has 1 aliphatic rings. The molecule has 2 N–H and O–H groups in total. The average molecular weight is 281 g/mol. The second-order valence-corrected chi connectivity index (χ2v) is 5.68. The Kier molecular flexibility index (Phi) is 4.65. The summed E-state index contributed by atoms with van der Waals surface area (Å²) in [7, 11) is 0. The van der Waals surface area contributed by atoms with Crippen LogP contribution in [0.4, 0.5) is 10.6 Å². The Bertz CT molecular complexity index is 470. The molecule has 2 amide bonds. The molecule has 20 heavy (non-hydrogen) atoms. The van der Waals surface area contributed by atoms with Crippen molar-refractivity contribution in [3.05, 3.63) is 11.3 Å². The lowest BCUT2D eigenvalue weighted by atomic mass is 9.93. The molecule has 6 nitrogen and oxygen atoms in total. The highest BCUT2D eigenvalue weighted by Gasteiger charge is 2.30. The summed E-state index contributed by atoms with van der Waals surface area (Å²) in [6.07, 6.45) is 1.22. The van der Waals surface area contributed by atoms with Gasteiger partial charge in [-0.25, -0.2) is 4.79 Å². The lowest BCUT2D eigenvalue weighted by Crippen LogP contribution is -2.37. The van der Waals surface area contributed by atoms with Crippen molar-refractivity contribution in [1.29, 1.82) is 0 Å². The highest BCUT2D eigenvalue weighted by Crippen LogP contribution is 2.26. The molecule has 0 bridgehead atoms. The van der Waals surface area contributed by atoms with E-state index in [1.807, 2.05) is 13.8 Å². The zero-order valence-corrected chi connectivity index (χ0v) is 12.5. The van der Waals surface area contributed by atoms with Gasteiger partial charge in [0.1, 0.15) is 5.76 Å². The third-order valence-corrected chi connectivity index (χ3v) is 3.83. The third-order valence-electron chi connectivity index (χ3n) is 3.83. The maximum absolute atomic E-state index is 11.9. The van der Waals surface area contributed by atoms with E-state index < -0.39 is 0 Å². The molecule has 6 heteroatoms. The van der Waals surface area contributed by atoms with Gasteiger partial charge in [-0.15, -0.1) is 0 Å². The number of hydrogen-bond acceptors (Lipinski definition) is 4. The monoisotopic (exact) mass is 281 g/mol. The van der Waals surface area contributed by atoms with E-state index in [9.17, 15) is 4.79 Å². The molecular weight excluding hydrogens is 258 g/mol. The van der Waals surface area contributed by atoms with E-state index in [0.29, 0.717) is 30.0 Å². The molecule has 0 radical (unpaired) electrons. The van der Waals surface area contributed by atoms with E-state index in [1.165, 1.54) is 0 Å². The second kappa shape index (κ2) is 6.26. The molecule has 112 valence electrons. The van der Waals surface area contributed by atoms with Crippen molar-refractivity contribution in [1.82, 2.24) is 10.5 Å². The number of hydrogen-bond donors (Lipinski definition) is 2. The number of anilines is 1. The fourth-order valence-corrected chi connectivity index (χ4v) is 2.52. The van der Waals surface area contributed by atoms with Crippen molar-refractivity contribution in [2.45, 2.75) is 40.2 Å². The van der Waals surface area contributed by atoms with Gasteiger partial charge in [-0.3, -0.25) is 5.32 Å². The van der Waals surface area contributed by atoms with Crippen molar-refractivity contribution in [3.8, 4) is 0 Å². The number of rotatable bonds is 4. The van der Waals surface area contributed by atoms with E-state index in [1.54, 1.807) is 0 Å². The van der Waals surface area contributed by atoms with Gasteiger partial charge in [0.25, 0.3) is 0 Å². The summed E-state index contributed by atoms with van der Waals surface area (Å²) in [5, 5.41) is 9.39. The van der Waals surface area contributed by atoms with Crippen molar-refractivity contribution in [2.75, 3.05) is 18.5 Å². The Hall–Kier alpha value is -1.56. The lowest BCUT2D eigenvalue weighted by molar-refractivity contribution is 0.0546. The molecule has 0 unspecified atom stereocenters. The van der Waals surface area contributed by atoms with Crippen molar-refractivity contribution >= 4 is 11.8 Å². The quantitative estimate of drug-likeness (QED) is 0.889. The van der Waals surface area contributed by atoms with E-state index in [-0.39, 0.29) is 12.1 Å². The van der Waals surface area contributed by atoms with Crippen LogP contribution in [0.1, 0.15) is 31.6 Å². The predicted octanol–water partition coefficient (Wildman–Crippen LogP) is 2.47. The van der Waals surface area contributed by atoms with Gasteiger partial charge < -0.3 is 14.6 Å². The van der Waals surface area contributed by atoms with Crippen molar-refractivity contribution in [2.24, 2.45) is 11.8 Å². The summed E-state index contributed by atoms with van der Waals surface area (Å²) in [6.45, 7) is 9.35. The van der Waals surface area contributed by atoms with Gasteiger partial charge in [0.05, 0.1) is 6.10 Å². The zero-order valence-electron chi connectivity index (χ0n) is 12.5. The smallest absolute Gasteiger partial charge is 0.320 e. The second-order valence-electron chi connectivity index (χ2n) is 5.68. The average Bonchev–Trinajstić information content (AvgIpc) is 2.98. The zero-order chi connectivity index (χ0) is 14.7. The number of aryl methyl sites for hydroxylation is 1. The first-order valence-corrected chi connectivity index (χ1v) is 7.08. The maximum Gasteiger partial charge on any atom is 0.320 e. The van der Waals surface area contributed by atoms with Crippen LogP contribution in [0.3, 0.4) is 0 Å². The number of ether oxygens (including phenoxy) is 1. The number of amides is 2. The first-order valence-electron chi connectivity index (χ1n) is 7.08. The predicted molar refractivity (Wildman–Crippen MR) is 75.7 cm³/mol. The number of nitrogens with one attached hydrogen (secondary N) is 2. The van der Waals surface area contributed by atoms with Crippen LogP contribution < -0.4 is 10.6 Å². The van der Waals surface area contributed by atoms with Crippen LogP contribution in [0.2, 0.25) is 0 Å². The Morgan fingerprint density at radius 1 is 1.45 bits per heavy atom. The molecule has 0 aromatic carbocycles. The minimum Gasteiger partial charge on any atom is -0.378 e. The summed E-state index contributed by atoms with van der Waals surface area (Å²) >= 11 is 0. The molecule has 0 saturated carbocycles. The maximum atomic E-state index is 11.9. The van der Waals surface area contributed by atoms with Crippen LogP contribution in [0.15, 0.2) is 4.52 Å². The van der Waals surface area contributed by atoms with Gasteiger partial charge in [-0.2, -0.15) is 0 Å². The van der Waals surface area contributed by atoms with Crippen LogP contribution in [-0.2, 0) is 4.74 Å². The van der Waals surface area contributed by atoms with E-state index in [2.05, 4.69) is 29.6 Å². The molecule has 1 aliphatic heterocycles. The molecule has 1 saturated heterocycles. The largest absolute Gasteiger partial charge is 0.378 e. The summed E-state index contributed by atoms with van der Waals surface area (Å²) in [5.74, 6) is 2.03. The summed E-state index contributed by atoms with van der Waals surface area (Å²) in [4.78, 5) is 11.9. The van der Waals surface area contributed by atoms with E-state index in [4.69, 9.17) is 9.26 Å². The normalized spacial score (nSPS) is 22.2. The number of nitrogens with zero attached hydrogens (tertiary/aromatic N) is 1. The highest BCUT2D eigenvalue weighted by atomic mass is 16.5. The van der Waals surface area contributed by atoms with Crippen LogP contribution in [0.25, 0.3) is 0 Å². The van der Waals surface area contributed by atoms with Crippen LogP contribution in [0.5, 0.6) is 0 Å². The van der Waals surface area contributed by atoms with Gasteiger partial charge in [-0.05, 0) is 26.2 Å². The van der Waals surface area contributed by atoms with Crippen molar-refractivity contribution < 1.29 is 14.1 Å². The topological polar surface area (TPSA) is 76.4 Å². The summed E-state index contributed by atoms with van der Waals surface area (Å²) < 4.78 is 10.7. The van der Waals surface area contributed by atoms with Gasteiger partial charge in [0.2, 0.25) is 0 Å². The molecule has 2 atom stereocenters. The van der Waals surface area contributed by atoms with Crippen LogP contribution in [0, 0.1) is 25.7 Å². The first-order chi connectivity index (χ1) is 9.49. The van der Waals surface area contributed by atoms with Crippen LogP contribution in [-0.4, -0.2) is 30.4 Å². The number of carbonyl (C=O) groups is 1. The Morgan fingerprint density at radius 3 is 2.80 bits per heavy atom. The minimum atomic E-state index is -0.254. The molecule has 1 aromatic heterocycles. The molecule has 2 heterocycles. The fraction of sp³-hybridized carbons (Fsp3) is 0.714. The summed E-state index contributed by atoms with van der Waals surface area (Å²) in [5.41, 5.74) is 0.851. The molecular formula is C14H23N3O3. The van der Waals surface area contributed by atoms with Gasteiger partial charge in [0, 0.05) is 24.6 Å².